The van der Waals surface area contributed by atoms with Crippen molar-refractivity contribution < 1.29 is 4.79 Å². The summed E-state index contributed by atoms with van der Waals surface area (Å²) in [5.74, 6) is 0.494. The number of hydrogen-bond acceptors (Lipinski definition) is 5. The van der Waals surface area contributed by atoms with Crippen molar-refractivity contribution in [3.05, 3.63) is 30.3 Å². The van der Waals surface area contributed by atoms with E-state index in [-0.39, 0.29) is 11.9 Å². The van der Waals surface area contributed by atoms with Crippen LogP contribution in [-0.2, 0) is 4.79 Å². The summed E-state index contributed by atoms with van der Waals surface area (Å²) < 4.78 is 0. The van der Waals surface area contributed by atoms with E-state index < -0.39 is 6.04 Å². The molecule has 24 heavy (non-hydrogen) atoms. The quantitative estimate of drug-likeness (QED) is 0.885. The average Bonchev–Trinajstić information content (AvgIpc) is 3.22. The van der Waals surface area contributed by atoms with E-state index in [2.05, 4.69) is 26.0 Å². The highest BCUT2D eigenvalue weighted by Crippen LogP contribution is 2.27. The molecule has 2 N–H and O–H groups in total. The molecule has 7 nitrogen and oxygen atoms in total. The van der Waals surface area contributed by atoms with Crippen molar-refractivity contribution in [1.29, 1.82) is 0 Å². The molecule has 0 radical (unpaired) electrons. The van der Waals surface area contributed by atoms with E-state index in [0.717, 1.165) is 18.4 Å². The SMILES string of the molecule is CC(C(=O)NC1CC2CCC(C1)N2)n1nnc(-c2ccccc2)n1. The van der Waals surface area contributed by atoms with Crippen molar-refractivity contribution in [3.8, 4) is 11.4 Å². The molecule has 2 aliphatic heterocycles. The minimum atomic E-state index is -0.470. The van der Waals surface area contributed by atoms with E-state index in [4.69, 9.17) is 0 Å². The Morgan fingerprint density at radius 3 is 2.67 bits per heavy atom. The Morgan fingerprint density at radius 2 is 1.96 bits per heavy atom. The van der Waals surface area contributed by atoms with Crippen LogP contribution in [0.5, 0.6) is 0 Å². The largest absolute Gasteiger partial charge is 0.351 e. The first-order valence-corrected chi connectivity index (χ1v) is 8.60. The molecule has 0 aliphatic carbocycles. The van der Waals surface area contributed by atoms with Gasteiger partial charge in [-0.05, 0) is 37.8 Å². The molecule has 3 heterocycles. The van der Waals surface area contributed by atoms with Gasteiger partial charge in [0.2, 0.25) is 11.7 Å². The van der Waals surface area contributed by atoms with Gasteiger partial charge in [0.05, 0.1) is 0 Å². The van der Waals surface area contributed by atoms with Crippen LogP contribution in [0.15, 0.2) is 30.3 Å². The predicted molar refractivity (Wildman–Crippen MR) is 89.1 cm³/mol. The standard InChI is InChI=1S/C17H22N6O/c1-11(17(24)19-15-9-13-7-8-14(10-15)18-13)23-21-16(20-22-23)12-5-3-2-4-6-12/h2-6,11,13-15,18H,7-10H2,1H3,(H,19,24). The molecule has 0 saturated carbocycles. The molecule has 2 aromatic rings. The number of hydrogen-bond donors (Lipinski definition) is 2. The van der Waals surface area contributed by atoms with Crippen LogP contribution in [0.2, 0.25) is 0 Å². The predicted octanol–water partition coefficient (Wildman–Crippen LogP) is 1.30. The molecule has 3 unspecified atom stereocenters. The normalized spacial score (nSPS) is 27.0. The Morgan fingerprint density at radius 1 is 1.25 bits per heavy atom. The van der Waals surface area contributed by atoms with Gasteiger partial charge in [0.1, 0.15) is 6.04 Å². The van der Waals surface area contributed by atoms with Crippen LogP contribution >= 0.6 is 0 Å². The van der Waals surface area contributed by atoms with Crippen molar-refractivity contribution in [2.24, 2.45) is 0 Å². The Balaban J connectivity index is 1.41. The fraction of sp³-hybridized carbons (Fsp3) is 0.529. The molecule has 126 valence electrons. The maximum absolute atomic E-state index is 12.5. The second-order valence-electron chi connectivity index (χ2n) is 6.79. The van der Waals surface area contributed by atoms with Crippen molar-refractivity contribution in [2.45, 2.75) is 56.8 Å². The summed E-state index contributed by atoms with van der Waals surface area (Å²) in [7, 11) is 0. The topological polar surface area (TPSA) is 84.7 Å². The van der Waals surface area contributed by atoms with Gasteiger partial charge in [-0.15, -0.1) is 10.2 Å². The van der Waals surface area contributed by atoms with E-state index in [1.165, 1.54) is 17.6 Å². The molecule has 2 aliphatic rings. The maximum atomic E-state index is 12.5. The number of piperidine rings is 1. The van der Waals surface area contributed by atoms with E-state index >= 15 is 0 Å². The summed E-state index contributed by atoms with van der Waals surface area (Å²) in [6, 6.07) is 10.5. The Labute approximate surface area is 140 Å². The summed E-state index contributed by atoms with van der Waals surface area (Å²) in [5, 5.41) is 19.2. The second kappa shape index (κ2) is 6.32. The van der Waals surface area contributed by atoms with Crippen molar-refractivity contribution >= 4 is 5.91 Å². The zero-order chi connectivity index (χ0) is 16.5. The number of carbonyl (C=O) groups is 1. The molecular weight excluding hydrogens is 304 g/mol. The van der Waals surface area contributed by atoms with Gasteiger partial charge in [-0.1, -0.05) is 30.3 Å². The number of amides is 1. The van der Waals surface area contributed by atoms with Crippen molar-refractivity contribution in [2.75, 3.05) is 0 Å². The summed E-state index contributed by atoms with van der Waals surface area (Å²) >= 11 is 0. The summed E-state index contributed by atoms with van der Waals surface area (Å²) in [5.41, 5.74) is 0.895. The molecule has 1 amide bonds. The zero-order valence-corrected chi connectivity index (χ0v) is 13.7. The lowest BCUT2D eigenvalue weighted by molar-refractivity contribution is -0.125. The molecule has 2 bridgehead atoms. The third-order valence-electron chi connectivity index (χ3n) is 5.01. The second-order valence-corrected chi connectivity index (χ2v) is 6.79. The summed E-state index contributed by atoms with van der Waals surface area (Å²) in [6.45, 7) is 1.81. The number of nitrogens with one attached hydrogen (secondary N) is 2. The van der Waals surface area contributed by atoms with Crippen LogP contribution in [0.3, 0.4) is 0 Å². The molecule has 2 saturated heterocycles. The number of benzene rings is 1. The van der Waals surface area contributed by atoms with Crippen LogP contribution in [0.4, 0.5) is 0 Å². The summed E-state index contributed by atoms with van der Waals surface area (Å²) in [6.07, 6.45) is 4.46. The molecule has 2 fully saturated rings. The average molecular weight is 326 g/mol. The van der Waals surface area contributed by atoms with Gasteiger partial charge >= 0.3 is 0 Å². The first-order chi connectivity index (χ1) is 11.7. The summed E-state index contributed by atoms with van der Waals surface area (Å²) in [4.78, 5) is 13.9. The first kappa shape index (κ1) is 15.3. The van der Waals surface area contributed by atoms with E-state index in [0.29, 0.717) is 17.9 Å². The molecule has 0 spiro atoms. The fourth-order valence-corrected chi connectivity index (χ4v) is 3.69. The number of fused-ring (bicyclic) bond motifs is 2. The third kappa shape index (κ3) is 3.03. The Kier molecular flexibility index (Phi) is 4.02. The van der Waals surface area contributed by atoms with Gasteiger partial charge in [0.15, 0.2) is 0 Å². The van der Waals surface area contributed by atoms with Crippen LogP contribution in [0, 0.1) is 0 Å². The first-order valence-electron chi connectivity index (χ1n) is 8.60. The van der Waals surface area contributed by atoms with Crippen LogP contribution < -0.4 is 10.6 Å². The van der Waals surface area contributed by atoms with Crippen LogP contribution in [0.25, 0.3) is 11.4 Å². The minimum Gasteiger partial charge on any atom is -0.351 e. The van der Waals surface area contributed by atoms with Gasteiger partial charge in [-0.3, -0.25) is 4.79 Å². The maximum Gasteiger partial charge on any atom is 0.246 e. The van der Waals surface area contributed by atoms with Crippen LogP contribution in [0.1, 0.15) is 38.6 Å². The minimum absolute atomic E-state index is 0.0432. The highest BCUT2D eigenvalue weighted by molar-refractivity contribution is 5.80. The molecule has 3 atom stereocenters. The molecule has 4 rings (SSSR count). The third-order valence-corrected chi connectivity index (χ3v) is 5.01. The molecule has 1 aromatic heterocycles. The lowest BCUT2D eigenvalue weighted by Gasteiger charge is -2.30. The van der Waals surface area contributed by atoms with Crippen molar-refractivity contribution in [1.82, 2.24) is 30.8 Å². The van der Waals surface area contributed by atoms with Gasteiger partial charge < -0.3 is 10.6 Å². The number of rotatable bonds is 4. The number of tetrazole rings is 1. The van der Waals surface area contributed by atoms with E-state index in [1.807, 2.05) is 37.3 Å². The Bertz CT molecular complexity index is 703. The lowest BCUT2D eigenvalue weighted by atomic mass is 9.99. The smallest absolute Gasteiger partial charge is 0.246 e. The molecule has 7 heteroatoms. The van der Waals surface area contributed by atoms with Gasteiger partial charge in [0, 0.05) is 23.7 Å². The lowest BCUT2D eigenvalue weighted by Crippen LogP contribution is -2.49. The number of nitrogens with zero attached hydrogens (tertiary/aromatic N) is 4. The zero-order valence-electron chi connectivity index (χ0n) is 13.7. The van der Waals surface area contributed by atoms with E-state index in [9.17, 15) is 4.79 Å². The highest BCUT2D eigenvalue weighted by Gasteiger charge is 2.34. The van der Waals surface area contributed by atoms with Crippen molar-refractivity contribution in [3.63, 3.8) is 0 Å². The Hall–Kier alpha value is -2.28. The highest BCUT2D eigenvalue weighted by atomic mass is 16.2. The molecular formula is C17H22N6O. The van der Waals surface area contributed by atoms with Crippen LogP contribution in [-0.4, -0.2) is 44.2 Å². The molecule has 1 aromatic carbocycles. The van der Waals surface area contributed by atoms with Gasteiger partial charge in [-0.2, -0.15) is 4.80 Å². The van der Waals surface area contributed by atoms with E-state index in [1.54, 1.807) is 0 Å². The monoisotopic (exact) mass is 326 g/mol. The van der Waals surface area contributed by atoms with Gasteiger partial charge in [0.25, 0.3) is 0 Å². The van der Waals surface area contributed by atoms with Gasteiger partial charge in [-0.25, -0.2) is 0 Å². The number of aromatic nitrogens is 4. The fourth-order valence-electron chi connectivity index (χ4n) is 3.69. The number of carbonyl (C=O) groups excluding carboxylic acids is 1.